The van der Waals surface area contributed by atoms with E-state index in [9.17, 15) is 8.42 Å². The summed E-state index contributed by atoms with van der Waals surface area (Å²) >= 11 is 0. The Morgan fingerprint density at radius 2 is 2.09 bits per heavy atom. The zero-order chi connectivity index (χ0) is 16.0. The fourth-order valence-corrected chi connectivity index (χ4v) is 3.87. The molecule has 6 heteroatoms. The van der Waals surface area contributed by atoms with Crippen molar-refractivity contribution in [3.8, 4) is 6.07 Å². The molecule has 1 aliphatic rings. The first-order chi connectivity index (χ1) is 10.5. The second-order valence-electron chi connectivity index (χ2n) is 5.88. The van der Waals surface area contributed by atoms with Gasteiger partial charge in [0.15, 0.2) is 0 Å². The van der Waals surface area contributed by atoms with E-state index in [0.29, 0.717) is 23.8 Å². The van der Waals surface area contributed by atoms with Crippen LogP contribution in [-0.2, 0) is 10.0 Å². The highest BCUT2D eigenvalue weighted by molar-refractivity contribution is 7.89. The first-order valence-electron chi connectivity index (χ1n) is 7.67. The van der Waals surface area contributed by atoms with Crippen LogP contribution >= 0.6 is 0 Å². The lowest BCUT2D eigenvalue weighted by molar-refractivity contribution is 0.179. The van der Waals surface area contributed by atoms with Gasteiger partial charge < -0.3 is 4.90 Å². The average molecular weight is 321 g/mol. The fourth-order valence-electron chi connectivity index (χ4n) is 2.76. The molecule has 2 rings (SSSR count). The Morgan fingerprint density at radius 1 is 1.36 bits per heavy atom. The fraction of sp³-hybridized carbons (Fsp3) is 0.562. The number of likely N-dealkylation sites (tertiary alicyclic amines) is 1. The van der Waals surface area contributed by atoms with Crippen molar-refractivity contribution in [3.63, 3.8) is 0 Å². The van der Waals surface area contributed by atoms with Gasteiger partial charge in [-0.2, -0.15) is 5.26 Å². The zero-order valence-electron chi connectivity index (χ0n) is 13.0. The molecule has 0 bridgehead atoms. The molecular formula is C16H23N3O2S. The normalized spacial score (nSPS) is 19.7. The molecule has 1 heterocycles. The molecule has 1 fully saturated rings. The van der Waals surface area contributed by atoms with E-state index < -0.39 is 10.0 Å². The van der Waals surface area contributed by atoms with Crippen molar-refractivity contribution < 1.29 is 8.42 Å². The summed E-state index contributed by atoms with van der Waals surface area (Å²) < 4.78 is 27.3. The standard InChI is InChI=1S/C16H23N3O2S/c1-14-5-7-16(8-6-14)22(20,21)18-12-15-4-2-10-19(13-15)11-3-9-17/h5-8,15,18H,2-4,10-13H2,1H3/t15-/m1/s1. The number of benzene rings is 1. The number of rotatable bonds is 6. The van der Waals surface area contributed by atoms with Gasteiger partial charge >= 0.3 is 0 Å². The highest BCUT2D eigenvalue weighted by Gasteiger charge is 2.22. The Morgan fingerprint density at radius 3 is 2.77 bits per heavy atom. The van der Waals surface area contributed by atoms with Crippen molar-refractivity contribution >= 4 is 10.0 Å². The lowest BCUT2D eigenvalue weighted by Crippen LogP contribution is -2.41. The third kappa shape index (κ3) is 4.80. The van der Waals surface area contributed by atoms with Crippen LogP contribution in [0.1, 0.15) is 24.8 Å². The van der Waals surface area contributed by atoms with Crippen LogP contribution in [0, 0.1) is 24.2 Å². The second kappa shape index (κ2) is 7.73. The molecule has 1 aromatic carbocycles. The number of sulfonamides is 1. The van der Waals surface area contributed by atoms with Crippen LogP contribution in [0.15, 0.2) is 29.2 Å². The SMILES string of the molecule is Cc1ccc(S(=O)(=O)NC[C@H]2CCCN(CCC#N)C2)cc1. The smallest absolute Gasteiger partial charge is 0.240 e. The minimum atomic E-state index is -3.43. The lowest BCUT2D eigenvalue weighted by Gasteiger charge is -2.32. The van der Waals surface area contributed by atoms with E-state index in [-0.39, 0.29) is 0 Å². The highest BCUT2D eigenvalue weighted by Crippen LogP contribution is 2.17. The summed E-state index contributed by atoms with van der Waals surface area (Å²) in [5.74, 6) is 0.313. The summed E-state index contributed by atoms with van der Waals surface area (Å²) in [5, 5.41) is 8.65. The maximum absolute atomic E-state index is 12.3. The topological polar surface area (TPSA) is 73.2 Å². The predicted molar refractivity (Wildman–Crippen MR) is 85.8 cm³/mol. The molecule has 1 aliphatic heterocycles. The Hall–Kier alpha value is -1.42. The van der Waals surface area contributed by atoms with Gasteiger partial charge in [0, 0.05) is 26.1 Å². The molecule has 0 saturated carbocycles. The molecule has 0 amide bonds. The number of hydrogen-bond donors (Lipinski definition) is 1. The monoisotopic (exact) mass is 321 g/mol. The number of nitrogens with zero attached hydrogens (tertiary/aromatic N) is 2. The first-order valence-corrected chi connectivity index (χ1v) is 9.15. The molecule has 1 N–H and O–H groups in total. The molecule has 0 unspecified atom stereocenters. The average Bonchev–Trinajstić information content (AvgIpc) is 2.52. The van der Waals surface area contributed by atoms with Crippen LogP contribution in [-0.4, -0.2) is 39.5 Å². The molecule has 1 saturated heterocycles. The quantitative estimate of drug-likeness (QED) is 0.868. The minimum absolute atomic E-state index is 0.313. The predicted octanol–water partition coefficient (Wildman–Crippen LogP) is 1.90. The maximum atomic E-state index is 12.3. The van der Waals surface area contributed by atoms with E-state index in [1.807, 2.05) is 6.92 Å². The number of nitriles is 1. The zero-order valence-corrected chi connectivity index (χ0v) is 13.8. The van der Waals surface area contributed by atoms with Gasteiger partial charge in [-0.25, -0.2) is 13.1 Å². The highest BCUT2D eigenvalue weighted by atomic mass is 32.2. The largest absolute Gasteiger partial charge is 0.302 e. The van der Waals surface area contributed by atoms with Crippen molar-refractivity contribution in [1.29, 1.82) is 5.26 Å². The van der Waals surface area contributed by atoms with E-state index in [0.717, 1.165) is 38.0 Å². The van der Waals surface area contributed by atoms with Crippen molar-refractivity contribution in [2.45, 2.75) is 31.1 Å². The van der Waals surface area contributed by atoms with Crippen LogP contribution in [0.2, 0.25) is 0 Å². The van der Waals surface area contributed by atoms with E-state index in [4.69, 9.17) is 5.26 Å². The number of piperidine rings is 1. The van der Waals surface area contributed by atoms with Gasteiger partial charge in [0.25, 0.3) is 0 Å². The molecule has 0 radical (unpaired) electrons. The van der Waals surface area contributed by atoms with Gasteiger partial charge in [-0.3, -0.25) is 0 Å². The molecule has 120 valence electrons. The van der Waals surface area contributed by atoms with Crippen LogP contribution in [0.3, 0.4) is 0 Å². The van der Waals surface area contributed by atoms with E-state index in [2.05, 4.69) is 15.7 Å². The van der Waals surface area contributed by atoms with Crippen LogP contribution in [0.25, 0.3) is 0 Å². The third-order valence-corrected chi connectivity index (χ3v) is 5.48. The third-order valence-electron chi connectivity index (χ3n) is 4.04. The summed E-state index contributed by atoms with van der Waals surface area (Å²) in [5.41, 5.74) is 1.04. The molecule has 5 nitrogen and oxygen atoms in total. The molecule has 0 spiro atoms. The van der Waals surface area contributed by atoms with E-state index in [1.54, 1.807) is 24.3 Å². The lowest BCUT2D eigenvalue weighted by atomic mass is 9.98. The van der Waals surface area contributed by atoms with Gasteiger partial charge in [-0.05, 0) is 44.4 Å². The number of hydrogen-bond acceptors (Lipinski definition) is 4. The van der Waals surface area contributed by atoms with Gasteiger partial charge in [-0.15, -0.1) is 0 Å². The van der Waals surface area contributed by atoms with Crippen LogP contribution in [0.4, 0.5) is 0 Å². The summed E-state index contributed by atoms with van der Waals surface area (Å²) in [7, 11) is -3.43. The Kier molecular flexibility index (Phi) is 5.95. The molecule has 22 heavy (non-hydrogen) atoms. The first kappa shape index (κ1) is 16.9. The van der Waals surface area contributed by atoms with E-state index >= 15 is 0 Å². The number of nitrogens with one attached hydrogen (secondary N) is 1. The molecule has 0 aromatic heterocycles. The molecule has 1 atom stereocenters. The molecule has 0 aliphatic carbocycles. The second-order valence-corrected chi connectivity index (χ2v) is 7.65. The van der Waals surface area contributed by atoms with Gasteiger partial charge in [0.1, 0.15) is 0 Å². The summed E-state index contributed by atoms with van der Waals surface area (Å²) in [6.07, 6.45) is 2.61. The van der Waals surface area contributed by atoms with Crippen molar-refractivity contribution in [2.75, 3.05) is 26.2 Å². The Balaban J connectivity index is 1.89. The van der Waals surface area contributed by atoms with Crippen molar-refractivity contribution in [1.82, 2.24) is 9.62 Å². The summed E-state index contributed by atoms with van der Waals surface area (Å²) in [4.78, 5) is 2.56. The van der Waals surface area contributed by atoms with E-state index in [1.165, 1.54) is 0 Å². The van der Waals surface area contributed by atoms with Crippen molar-refractivity contribution in [3.05, 3.63) is 29.8 Å². The van der Waals surface area contributed by atoms with Crippen LogP contribution < -0.4 is 4.72 Å². The van der Waals surface area contributed by atoms with Crippen LogP contribution in [0.5, 0.6) is 0 Å². The van der Waals surface area contributed by atoms with Gasteiger partial charge in [-0.1, -0.05) is 17.7 Å². The maximum Gasteiger partial charge on any atom is 0.240 e. The van der Waals surface area contributed by atoms with Crippen molar-refractivity contribution in [2.24, 2.45) is 5.92 Å². The Labute approximate surface area is 133 Å². The summed E-state index contributed by atoms with van der Waals surface area (Å²) in [6, 6.07) is 9.04. The summed E-state index contributed by atoms with van der Waals surface area (Å²) in [6.45, 7) is 5.03. The molecular weight excluding hydrogens is 298 g/mol. The van der Waals surface area contributed by atoms with Gasteiger partial charge in [0.05, 0.1) is 11.0 Å². The van der Waals surface area contributed by atoms with Gasteiger partial charge in [0.2, 0.25) is 10.0 Å². The Bertz CT molecular complexity index is 620. The number of aryl methyl sites for hydroxylation is 1. The molecule has 1 aromatic rings. The minimum Gasteiger partial charge on any atom is -0.302 e.